The Morgan fingerprint density at radius 3 is 2.48 bits per heavy atom. The minimum absolute atomic E-state index is 0.0556. The highest BCUT2D eigenvalue weighted by Crippen LogP contribution is 2.19. The van der Waals surface area contributed by atoms with Crippen LogP contribution in [0.1, 0.15) is 41.6 Å². The SMILES string of the molecule is NC(=O)[C@@H]1CCCN(C(=O)/C=C\c2ccc(C(=O)NC3CC3)cc2)C1. The highest BCUT2D eigenvalue weighted by atomic mass is 16.2. The molecule has 2 fully saturated rings. The zero-order chi connectivity index (χ0) is 17.8. The molecule has 1 atom stereocenters. The number of carbonyl (C=O) groups excluding carboxylic acids is 3. The van der Waals surface area contributed by atoms with Crippen molar-refractivity contribution in [2.75, 3.05) is 13.1 Å². The summed E-state index contributed by atoms with van der Waals surface area (Å²) < 4.78 is 0. The second-order valence-electron chi connectivity index (χ2n) is 6.73. The Hall–Kier alpha value is -2.63. The molecule has 1 saturated carbocycles. The minimum atomic E-state index is -0.346. The average molecular weight is 341 g/mol. The van der Waals surface area contributed by atoms with E-state index < -0.39 is 0 Å². The molecule has 6 nitrogen and oxygen atoms in total. The van der Waals surface area contributed by atoms with Crippen molar-refractivity contribution in [3.63, 3.8) is 0 Å². The first-order valence-corrected chi connectivity index (χ1v) is 8.70. The van der Waals surface area contributed by atoms with Crippen LogP contribution < -0.4 is 11.1 Å². The van der Waals surface area contributed by atoms with Crippen LogP contribution in [0.25, 0.3) is 6.08 Å². The van der Waals surface area contributed by atoms with Gasteiger partial charge in [-0.15, -0.1) is 0 Å². The molecule has 25 heavy (non-hydrogen) atoms. The Kier molecular flexibility index (Phi) is 5.16. The van der Waals surface area contributed by atoms with E-state index in [4.69, 9.17) is 5.73 Å². The molecule has 3 rings (SSSR count). The fraction of sp³-hybridized carbons (Fsp3) is 0.421. The van der Waals surface area contributed by atoms with Crippen molar-refractivity contribution in [3.05, 3.63) is 41.5 Å². The number of piperidine rings is 1. The van der Waals surface area contributed by atoms with E-state index in [9.17, 15) is 14.4 Å². The van der Waals surface area contributed by atoms with E-state index in [0.29, 0.717) is 24.7 Å². The number of carbonyl (C=O) groups is 3. The van der Waals surface area contributed by atoms with E-state index in [2.05, 4.69) is 5.32 Å². The summed E-state index contributed by atoms with van der Waals surface area (Å²) in [6, 6.07) is 7.47. The van der Waals surface area contributed by atoms with Gasteiger partial charge in [-0.2, -0.15) is 0 Å². The summed E-state index contributed by atoms with van der Waals surface area (Å²) in [6.45, 7) is 1.03. The van der Waals surface area contributed by atoms with Crippen LogP contribution in [0.5, 0.6) is 0 Å². The van der Waals surface area contributed by atoms with E-state index in [1.807, 2.05) is 12.1 Å². The molecule has 0 radical (unpaired) electrons. The van der Waals surface area contributed by atoms with E-state index in [-0.39, 0.29) is 23.6 Å². The second-order valence-corrected chi connectivity index (χ2v) is 6.73. The molecule has 1 heterocycles. The van der Waals surface area contributed by atoms with Crippen LogP contribution in [0.2, 0.25) is 0 Å². The van der Waals surface area contributed by atoms with Crippen molar-refractivity contribution in [1.29, 1.82) is 0 Å². The van der Waals surface area contributed by atoms with E-state index >= 15 is 0 Å². The lowest BCUT2D eigenvalue weighted by Crippen LogP contribution is -2.43. The van der Waals surface area contributed by atoms with Gasteiger partial charge in [0, 0.05) is 30.8 Å². The first kappa shape index (κ1) is 17.2. The quantitative estimate of drug-likeness (QED) is 0.791. The van der Waals surface area contributed by atoms with Gasteiger partial charge in [0.25, 0.3) is 5.91 Å². The monoisotopic (exact) mass is 341 g/mol. The normalized spacial score (nSPS) is 20.5. The molecule has 132 valence electrons. The number of primary amides is 1. The lowest BCUT2D eigenvalue weighted by atomic mass is 9.97. The van der Waals surface area contributed by atoms with Gasteiger partial charge < -0.3 is 16.0 Å². The third-order valence-electron chi connectivity index (χ3n) is 4.64. The Labute approximate surface area is 147 Å². The van der Waals surface area contributed by atoms with Gasteiger partial charge in [-0.05, 0) is 49.5 Å². The zero-order valence-electron chi connectivity index (χ0n) is 14.1. The van der Waals surface area contributed by atoms with Crippen molar-refractivity contribution in [1.82, 2.24) is 10.2 Å². The molecule has 1 aliphatic carbocycles. The molecular weight excluding hydrogens is 318 g/mol. The van der Waals surface area contributed by atoms with Gasteiger partial charge in [0.2, 0.25) is 11.8 Å². The van der Waals surface area contributed by atoms with Crippen LogP contribution in [-0.4, -0.2) is 41.8 Å². The number of likely N-dealkylation sites (tertiary alicyclic amines) is 1. The maximum atomic E-state index is 12.3. The molecule has 3 amide bonds. The minimum Gasteiger partial charge on any atom is -0.369 e. The lowest BCUT2D eigenvalue weighted by molar-refractivity contribution is -0.130. The number of nitrogens with one attached hydrogen (secondary N) is 1. The lowest BCUT2D eigenvalue weighted by Gasteiger charge is -2.30. The van der Waals surface area contributed by atoms with E-state index in [1.165, 1.54) is 6.08 Å². The number of amides is 3. The van der Waals surface area contributed by atoms with Crippen LogP contribution in [0, 0.1) is 5.92 Å². The first-order valence-electron chi connectivity index (χ1n) is 8.70. The van der Waals surface area contributed by atoms with Crippen molar-refractivity contribution in [2.45, 2.75) is 31.7 Å². The number of rotatable bonds is 5. The molecule has 1 saturated heterocycles. The van der Waals surface area contributed by atoms with Gasteiger partial charge in [0.15, 0.2) is 0 Å². The van der Waals surface area contributed by atoms with Gasteiger partial charge in [-0.3, -0.25) is 14.4 Å². The average Bonchev–Trinajstić information content (AvgIpc) is 3.44. The molecule has 6 heteroatoms. The molecule has 1 aromatic rings. The molecule has 1 aromatic carbocycles. The summed E-state index contributed by atoms with van der Waals surface area (Å²) in [4.78, 5) is 37.2. The maximum Gasteiger partial charge on any atom is 0.251 e. The van der Waals surface area contributed by atoms with Gasteiger partial charge in [-0.1, -0.05) is 12.1 Å². The van der Waals surface area contributed by atoms with E-state index in [1.54, 1.807) is 23.1 Å². The summed E-state index contributed by atoms with van der Waals surface area (Å²) in [5.41, 5.74) is 6.81. The fourth-order valence-corrected chi connectivity index (χ4v) is 2.92. The topological polar surface area (TPSA) is 92.5 Å². The number of nitrogens with two attached hydrogens (primary N) is 1. The largest absolute Gasteiger partial charge is 0.369 e. The number of hydrogen-bond donors (Lipinski definition) is 2. The highest BCUT2D eigenvalue weighted by molar-refractivity contribution is 5.95. The highest BCUT2D eigenvalue weighted by Gasteiger charge is 2.26. The summed E-state index contributed by atoms with van der Waals surface area (Å²) in [5, 5.41) is 2.94. The van der Waals surface area contributed by atoms with Gasteiger partial charge in [0.1, 0.15) is 0 Å². The van der Waals surface area contributed by atoms with Crippen LogP contribution >= 0.6 is 0 Å². The Bertz CT molecular complexity index is 692. The van der Waals surface area contributed by atoms with E-state index in [0.717, 1.165) is 31.2 Å². The summed E-state index contributed by atoms with van der Waals surface area (Å²) in [5.74, 6) is -0.779. The maximum absolute atomic E-state index is 12.3. The number of benzene rings is 1. The molecule has 0 spiro atoms. The van der Waals surface area contributed by atoms with Gasteiger partial charge >= 0.3 is 0 Å². The fourth-order valence-electron chi connectivity index (χ4n) is 2.92. The summed E-state index contributed by atoms with van der Waals surface area (Å²) >= 11 is 0. The second kappa shape index (κ2) is 7.51. The third-order valence-corrected chi connectivity index (χ3v) is 4.64. The van der Waals surface area contributed by atoms with Crippen LogP contribution in [-0.2, 0) is 9.59 Å². The van der Waals surface area contributed by atoms with Crippen molar-refractivity contribution >= 4 is 23.8 Å². The molecule has 2 aliphatic rings. The summed E-state index contributed by atoms with van der Waals surface area (Å²) in [7, 11) is 0. The van der Waals surface area contributed by atoms with Gasteiger partial charge in [0.05, 0.1) is 5.92 Å². The first-order chi connectivity index (χ1) is 12.0. The summed E-state index contributed by atoms with van der Waals surface area (Å²) in [6.07, 6.45) is 6.87. The predicted molar refractivity (Wildman–Crippen MR) is 94.5 cm³/mol. The third kappa shape index (κ3) is 4.68. The predicted octanol–water partition coefficient (Wildman–Crippen LogP) is 1.32. The molecule has 3 N–H and O–H groups in total. The Balaban J connectivity index is 1.56. The molecular formula is C19H23N3O3. The molecule has 1 aliphatic heterocycles. The number of nitrogens with zero attached hydrogens (tertiary/aromatic N) is 1. The van der Waals surface area contributed by atoms with Crippen LogP contribution in [0.3, 0.4) is 0 Å². The molecule has 0 bridgehead atoms. The van der Waals surface area contributed by atoms with Crippen molar-refractivity contribution in [3.8, 4) is 0 Å². The molecule has 0 unspecified atom stereocenters. The van der Waals surface area contributed by atoms with Crippen LogP contribution in [0.4, 0.5) is 0 Å². The zero-order valence-corrected chi connectivity index (χ0v) is 14.1. The Morgan fingerprint density at radius 1 is 1.12 bits per heavy atom. The Morgan fingerprint density at radius 2 is 1.84 bits per heavy atom. The van der Waals surface area contributed by atoms with Crippen LogP contribution in [0.15, 0.2) is 30.3 Å². The van der Waals surface area contributed by atoms with Crippen molar-refractivity contribution < 1.29 is 14.4 Å². The standard InChI is InChI=1S/C19H23N3O3/c20-18(24)15-2-1-11-22(12-15)17(23)10-5-13-3-6-14(7-4-13)19(25)21-16-8-9-16/h3-7,10,15-16H,1-2,8-9,11-12H2,(H2,20,24)(H,21,25)/b10-5-/t15-/m1/s1. The smallest absolute Gasteiger partial charge is 0.251 e. The number of hydrogen-bond acceptors (Lipinski definition) is 3. The van der Waals surface area contributed by atoms with Crippen molar-refractivity contribution in [2.24, 2.45) is 11.7 Å². The molecule has 0 aromatic heterocycles. The van der Waals surface area contributed by atoms with Gasteiger partial charge in [-0.25, -0.2) is 0 Å².